The smallest absolute Gasteiger partial charge is 0.327 e. The lowest BCUT2D eigenvalue weighted by atomic mass is 10.1. The average molecular weight is 375 g/mol. The predicted molar refractivity (Wildman–Crippen MR) is 99.1 cm³/mol. The molecular formula is C17H17N3O3S2. The molecule has 0 amide bonds. The lowest BCUT2D eigenvalue weighted by Gasteiger charge is -2.11. The van der Waals surface area contributed by atoms with Gasteiger partial charge >= 0.3 is 5.97 Å². The molecule has 3 heterocycles. The Morgan fingerprint density at radius 3 is 2.76 bits per heavy atom. The maximum atomic E-state index is 12.1. The van der Waals surface area contributed by atoms with Crippen molar-refractivity contribution in [1.29, 1.82) is 0 Å². The largest absolute Gasteiger partial charge is 0.465 e. The molecule has 0 fully saturated rings. The molecule has 0 spiro atoms. The second kappa shape index (κ2) is 7.05. The van der Waals surface area contributed by atoms with Gasteiger partial charge in [-0.1, -0.05) is 11.8 Å². The van der Waals surface area contributed by atoms with Gasteiger partial charge in [-0.3, -0.25) is 9.59 Å². The number of thioether (sulfide) groups is 1. The Balaban J connectivity index is 2.12. The van der Waals surface area contributed by atoms with Gasteiger partial charge in [0, 0.05) is 11.1 Å². The summed E-state index contributed by atoms with van der Waals surface area (Å²) in [5, 5.41) is 0.655. The van der Waals surface area contributed by atoms with Crippen LogP contribution in [0.3, 0.4) is 0 Å². The van der Waals surface area contributed by atoms with E-state index in [4.69, 9.17) is 4.74 Å². The summed E-state index contributed by atoms with van der Waals surface area (Å²) in [5.74, 6) is -0.806. The van der Waals surface area contributed by atoms with Crippen molar-refractivity contribution in [2.75, 3.05) is 6.61 Å². The third-order valence-electron chi connectivity index (χ3n) is 3.62. The third kappa shape index (κ3) is 3.36. The van der Waals surface area contributed by atoms with E-state index in [0.717, 1.165) is 43.5 Å². The van der Waals surface area contributed by atoms with Gasteiger partial charge in [0.05, 0.1) is 16.8 Å². The van der Waals surface area contributed by atoms with Crippen LogP contribution in [0.25, 0.3) is 20.4 Å². The van der Waals surface area contributed by atoms with Crippen molar-refractivity contribution >= 4 is 55.3 Å². The number of fused-ring (bicyclic) bond motifs is 3. The van der Waals surface area contributed by atoms with Crippen LogP contribution >= 0.6 is 23.1 Å². The van der Waals surface area contributed by atoms with Crippen molar-refractivity contribution in [2.45, 2.75) is 38.0 Å². The van der Waals surface area contributed by atoms with Gasteiger partial charge in [-0.15, -0.1) is 11.3 Å². The number of ether oxygens (including phenoxy) is 1. The molecule has 0 saturated heterocycles. The van der Waals surface area contributed by atoms with E-state index < -0.39 is 11.2 Å². The number of thiophene rings is 1. The summed E-state index contributed by atoms with van der Waals surface area (Å²) in [6.45, 7) is 7.30. The fourth-order valence-corrected chi connectivity index (χ4v) is 4.87. The topological polar surface area (TPSA) is 82.0 Å². The zero-order valence-corrected chi connectivity index (χ0v) is 16.0. The lowest BCUT2D eigenvalue weighted by Crippen LogP contribution is -2.27. The van der Waals surface area contributed by atoms with Crippen LogP contribution in [0.5, 0.6) is 0 Å². The first-order chi connectivity index (χ1) is 11.9. The van der Waals surface area contributed by atoms with Crippen LogP contribution in [0.2, 0.25) is 0 Å². The first-order valence-electron chi connectivity index (χ1n) is 7.77. The van der Waals surface area contributed by atoms with Crippen molar-refractivity contribution in [3.05, 3.63) is 23.7 Å². The molecule has 3 aromatic heterocycles. The van der Waals surface area contributed by atoms with Gasteiger partial charge in [-0.2, -0.15) is 0 Å². The van der Waals surface area contributed by atoms with Crippen molar-refractivity contribution < 1.29 is 14.3 Å². The van der Waals surface area contributed by atoms with E-state index >= 15 is 0 Å². The van der Waals surface area contributed by atoms with Crippen LogP contribution in [0.4, 0.5) is 0 Å². The van der Waals surface area contributed by atoms with E-state index in [0.29, 0.717) is 5.03 Å². The Bertz CT molecular complexity index is 984. The van der Waals surface area contributed by atoms with Gasteiger partial charge in [0.15, 0.2) is 11.0 Å². The van der Waals surface area contributed by atoms with Gasteiger partial charge in [0.2, 0.25) is 0 Å². The Labute approximate surface area is 153 Å². The number of carbonyl (C=O) groups excluding carboxylic acids is 2. The lowest BCUT2D eigenvalue weighted by molar-refractivity contribution is -0.144. The predicted octanol–water partition coefficient (Wildman–Crippen LogP) is 3.47. The maximum Gasteiger partial charge on any atom is 0.327 e. The molecule has 0 radical (unpaired) electrons. The van der Waals surface area contributed by atoms with Gasteiger partial charge < -0.3 is 4.74 Å². The van der Waals surface area contributed by atoms with E-state index in [1.165, 1.54) is 24.6 Å². The van der Waals surface area contributed by atoms with E-state index in [1.54, 1.807) is 6.92 Å². The highest BCUT2D eigenvalue weighted by Gasteiger charge is 2.28. The standard InChI is InChI=1S/C17H17N3O3S2/c1-5-23-17(22)13(10(4)21)24-16-14-12(18-7-19-16)11-8(2)6-9(3)20-15(11)25-14/h6-7,13H,5H2,1-4H3/t13-/m1/s1. The minimum absolute atomic E-state index is 0.230. The molecule has 1 atom stereocenters. The highest BCUT2D eigenvalue weighted by atomic mass is 32.2. The molecule has 6 nitrogen and oxygen atoms in total. The Kier molecular flexibility index (Phi) is 5.01. The minimum Gasteiger partial charge on any atom is -0.465 e. The number of hydrogen-bond acceptors (Lipinski definition) is 8. The zero-order chi connectivity index (χ0) is 18.1. The molecule has 0 N–H and O–H groups in total. The number of aromatic nitrogens is 3. The molecule has 0 aliphatic carbocycles. The van der Waals surface area contributed by atoms with Gasteiger partial charge in [-0.05, 0) is 39.3 Å². The second-order valence-corrected chi connectivity index (χ2v) is 7.67. The molecule has 130 valence electrons. The van der Waals surface area contributed by atoms with Gasteiger partial charge in [0.1, 0.15) is 16.2 Å². The number of rotatable bonds is 5. The highest BCUT2D eigenvalue weighted by Crippen LogP contribution is 2.39. The number of carbonyl (C=O) groups is 2. The SMILES string of the molecule is CCOC(=O)[C@H](Sc1ncnc2c1sc1nc(C)cc(C)c12)C(C)=O. The van der Waals surface area contributed by atoms with E-state index in [-0.39, 0.29) is 12.4 Å². The second-order valence-electron chi connectivity index (χ2n) is 5.58. The summed E-state index contributed by atoms with van der Waals surface area (Å²) in [6.07, 6.45) is 1.46. The van der Waals surface area contributed by atoms with Crippen LogP contribution in [0.1, 0.15) is 25.1 Å². The van der Waals surface area contributed by atoms with Gasteiger partial charge in [0.25, 0.3) is 0 Å². The molecule has 0 aromatic carbocycles. The van der Waals surface area contributed by atoms with E-state index in [9.17, 15) is 9.59 Å². The summed E-state index contributed by atoms with van der Waals surface area (Å²) < 4.78 is 5.84. The number of nitrogens with zero attached hydrogens (tertiary/aromatic N) is 3. The monoisotopic (exact) mass is 375 g/mol. The van der Waals surface area contributed by atoms with Crippen molar-refractivity contribution in [2.24, 2.45) is 0 Å². The zero-order valence-electron chi connectivity index (χ0n) is 14.3. The molecule has 0 unspecified atom stereocenters. The Morgan fingerprint density at radius 2 is 2.08 bits per heavy atom. The Hall–Kier alpha value is -2.06. The maximum absolute atomic E-state index is 12.1. The summed E-state index contributed by atoms with van der Waals surface area (Å²) in [4.78, 5) is 38.1. The molecule has 8 heteroatoms. The van der Waals surface area contributed by atoms with Gasteiger partial charge in [-0.25, -0.2) is 15.0 Å². The Morgan fingerprint density at radius 1 is 1.32 bits per heavy atom. The molecule has 0 saturated carbocycles. The highest BCUT2D eigenvalue weighted by molar-refractivity contribution is 8.01. The molecule has 0 bridgehead atoms. The van der Waals surface area contributed by atoms with Crippen molar-refractivity contribution in [3.8, 4) is 0 Å². The first-order valence-corrected chi connectivity index (χ1v) is 9.47. The van der Waals surface area contributed by atoms with E-state index in [1.807, 2.05) is 19.9 Å². The fraction of sp³-hybridized carbons (Fsp3) is 0.353. The minimum atomic E-state index is -0.931. The first kappa shape index (κ1) is 17.8. The summed E-state index contributed by atoms with van der Waals surface area (Å²) in [6, 6.07) is 2.01. The molecule has 0 aliphatic rings. The van der Waals surface area contributed by atoms with E-state index in [2.05, 4.69) is 15.0 Å². The third-order valence-corrected chi connectivity index (χ3v) is 6.12. The number of ketones is 1. The molecular weight excluding hydrogens is 358 g/mol. The summed E-state index contributed by atoms with van der Waals surface area (Å²) >= 11 is 2.58. The number of pyridine rings is 1. The van der Waals surface area contributed by atoms with Crippen LogP contribution in [0, 0.1) is 13.8 Å². The summed E-state index contributed by atoms with van der Waals surface area (Å²) in [7, 11) is 0. The van der Waals surface area contributed by atoms with Crippen molar-refractivity contribution in [1.82, 2.24) is 15.0 Å². The molecule has 25 heavy (non-hydrogen) atoms. The van der Waals surface area contributed by atoms with Crippen LogP contribution in [-0.4, -0.2) is 38.6 Å². The quantitative estimate of drug-likeness (QED) is 0.292. The molecule has 3 rings (SSSR count). The number of Topliss-reactive ketones (excluding diaryl/α,β-unsaturated/α-hetero) is 1. The van der Waals surface area contributed by atoms with Crippen LogP contribution < -0.4 is 0 Å². The van der Waals surface area contributed by atoms with Crippen LogP contribution in [-0.2, 0) is 14.3 Å². The summed E-state index contributed by atoms with van der Waals surface area (Å²) in [5.41, 5.74) is 2.83. The number of hydrogen-bond donors (Lipinski definition) is 0. The van der Waals surface area contributed by atoms with Crippen molar-refractivity contribution in [3.63, 3.8) is 0 Å². The normalized spacial score (nSPS) is 12.5. The number of aryl methyl sites for hydroxylation is 2. The molecule has 3 aromatic rings. The fourth-order valence-electron chi connectivity index (χ4n) is 2.60. The number of esters is 1. The van der Waals surface area contributed by atoms with Crippen LogP contribution in [0.15, 0.2) is 17.4 Å². The molecule has 0 aliphatic heterocycles. The average Bonchev–Trinajstić information content (AvgIpc) is 2.91.